The Morgan fingerprint density at radius 1 is 1.15 bits per heavy atom. The Morgan fingerprint density at radius 3 is 2.33 bits per heavy atom. The molecule has 1 aliphatic rings. The molecular formula is C18H13ClFNO5S. The molecule has 1 fully saturated rings. The minimum absolute atomic E-state index is 0.148. The van der Waals surface area contributed by atoms with E-state index >= 15 is 0 Å². The SMILES string of the molecule is COc1cc(/C=C2\SC(=O)N(c3ccc(F)c(Cl)c3)C2=O)cc(OC)c1O. The number of carbonyl (C=O) groups is 2. The number of thioether (sulfide) groups is 1. The Bertz CT molecular complexity index is 953. The summed E-state index contributed by atoms with van der Waals surface area (Å²) < 4.78 is 23.5. The quantitative estimate of drug-likeness (QED) is 0.752. The molecule has 1 heterocycles. The highest BCUT2D eigenvalue weighted by Crippen LogP contribution is 2.40. The maximum atomic E-state index is 13.3. The number of halogens is 2. The second kappa shape index (κ2) is 7.50. The van der Waals surface area contributed by atoms with E-state index in [0.29, 0.717) is 5.56 Å². The topological polar surface area (TPSA) is 76.1 Å². The summed E-state index contributed by atoms with van der Waals surface area (Å²) in [5, 5.41) is 9.23. The van der Waals surface area contributed by atoms with Crippen molar-refractivity contribution in [1.29, 1.82) is 0 Å². The first-order valence-corrected chi connectivity index (χ1v) is 8.73. The summed E-state index contributed by atoms with van der Waals surface area (Å²) in [7, 11) is 2.76. The molecule has 2 amide bonds. The van der Waals surface area contributed by atoms with Crippen LogP contribution in [0.25, 0.3) is 6.08 Å². The summed E-state index contributed by atoms with van der Waals surface area (Å²) in [6, 6.07) is 6.59. The van der Waals surface area contributed by atoms with Crippen LogP contribution in [0.1, 0.15) is 5.56 Å². The number of methoxy groups -OCH3 is 2. The molecule has 2 aromatic rings. The fourth-order valence-corrected chi connectivity index (χ4v) is 3.48. The molecular weight excluding hydrogens is 397 g/mol. The number of phenols is 1. The molecule has 1 saturated heterocycles. The van der Waals surface area contributed by atoms with Crippen LogP contribution in [0.5, 0.6) is 17.2 Å². The average Bonchev–Trinajstić information content (AvgIpc) is 2.92. The third kappa shape index (κ3) is 3.58. The summed E-state index contributed by atoms with van der Waals surface area (Å²) in [6.45, 7) is 0. The van der Waals surface area contributed by atoms with E-state index in [-0.39, 0.29) is 32.9 Å². The molecule has 140 valence electrons. The van der Waals surface area contributed by atoms with Crippen molar-refractivity contribution in [3.05, 3.63) is 51.6 Å². The van der Waals surface area contributed by atoms with Gasteiger partial charge in [-0.15, -0.1) is 0 Å². The molecule has 0 atom stereocenters. The van der Waals surface area contributed by atoms with Crippen LogP contribution in [0.4, 0.5) is 14.9 Å². The van der Waals surface area contributed by atoms with Crippen LogP contribution in [0.2, 0.25) is 5.02 Å². The smallest absolute Gasteiger partial charge is 0.298 e. The second-order valence-electron chi connectivity index (χ2n) is 5.39. The van der Waals surface area contributed by atoms with Crippen molar-refractivity contribution < 1.29 is 28.6 Å². The number of imide groups is 1. The van der Waals surface area contributed by atoms with Crippen LogP contribution in [0.15, 0.2) is 35.2 Å². The number of carbonyl (C=O) groups excluding carboxylic acids is 2. The Morgan fingerprint density at radius 2 is 1.78 bits per heavy atom. The zero-order valence-electron chi connectivity index (χ0n) is 14.2. The van der Waals surface area contributed by atoms with Gasteiger partial charge in [0.15, 0.2) is 11.5 Å². The van der Waals surface area contributed by atoms with Crippen LogP contribution >= 0.6 is 23.4 Å². The molecule has 0 bridgehead atoms. The van der Waals surface area contributed by atoms with Gasteiger partial charge in [-0.05, 0) is 53.7 Å². The van der Waals surface area contributed by atoms with Gasteiger partial charge in [-0.25, -0.2) is 9.29 Å². The molecule has 0 aliphatic carbocycles. The van der Waals surface area contributed by atoms with Gasteiger partial charge in [-0.2, -0.15) is 0 Å². The summed E-state index contributed by atoms with van der Waals surface area (Å²) in [5.41, 5.74) is 0.664. The number of anilines is 1. The standard InChI is InChI=1S/C18H13ClFNO5S/c1-25-13-5-9(6-14(26-2)16(13)22)7-15-17(23)21(18(24)27-15)10-3-4-12(20)11(19)8-10/h3-8,22H,1-2H3/b15-7-. The zero-order valence-corrected chi connectivity index (χ0v) is 15.7. The van der Waals surface area contributed by atoms with Crippen molar-refractivity contribution in [3.63, 3.8) is 0 Å². The summed E-state index contributed by atoms with van der Waals surface area (Å²) in [4.78, 5) is 26.0. The summed E-state index contributed by atoms with van der Waals surface area (Å²) >= 11 is 6.47. The number of hydrogen-bond donors (Lipinski definition) is 1. The van der Waals surface area contributed by atoms with E-state index in [1.54, 1.807) is 0 Å². The first kappa shape index (κ1) is 19.1. The lowest BCUT2D eigenvalue weighted by atomic mass is 10.1. The van der Waals surface area contributed by atoms with Crippen molar-refractivity contribution >= 4 is 46.3 Å². The molecule has 2 aromatic carbocycles. The Hall–Kier alpha value is -2.71. The highest BCUT2D eigenvalue weighted by atomic mass is 35.5. The molecule has 1 N–H and O–H groups in total. The van der Waals surface area contributed by atoms with E-state index < -0.39 is 17.0 Å². The van der Waals surface area contributed by atoms with Gasteiger partial charge >= 0.3 is 0 Å². The van der Waals surface area contributed by atoms with Gasteiger partial charge in [-0.3, -0.25) is 9.59 Å². The normalized spacial score (nSPS) is 15.6. The summed E-state index contributed by atoms with van der Waals surface area (Å²) in [5.74, 6) is -1.08. The van der Waals surface area contributed by atoms with Gasteiger partial charge in [0.05, 0.1) is 29.8 Å². The van der Waals surface area contributed by atoms with E-state index in [1.165, 1.54) is 44.6 Å². The van der Waals surface area contributed by atoms with E-state index in [2.05, 4.69) is 0 Å². The number of rotatable bonds is 4. The molecule has 0 unspecified atom stereocenters. The predicted octanol–water partition coefficient (Wildman–Crippen LogP) is 4.44. The lowest BCUT2D eigenvalue weighted by Gasteiger charge is -2.13. The predicted molar refractivity (Wildman–Crippen MR) is 101 cm³/mol. The maximum Gasteiger partial charge on any atom is 0.298 e. The van der Waals surface area contributed by atoms with Crippen LogP contribution in [-0.4, -0.2) is 30.5 Å². The Balaban J connectivity index is 1.98. The van der Waals surface area contributed by atoms with Crippen molar-refractivity contribution in [2.24, 2.45) is 0 Å². The third-order valence-corrected chi connectivity index (χ3v) is 4.91. The number of hydrogen-bond acceptors (Lipinski definition) is 6. The number of amides is 2. The van der Waals surface area contributed by atoms with Gasteiger partial charge in [0.2, 0.25) is 5.75 Å². The van der Waals surface area contributed by atoms with Crippen molar-refractivity contribution in [3.8, 4) is 17.2 Å². The van der Waals surface area contributed by atoms with E-state index in [4.69, 9.17) is 21.1 Å². The third-order valence-electron chi connectivity index (χ3n) is 3.75. The van der Waals surface area contributed by atoms with Gasteiger partial charge < -0.3 is 14.6 Å². The van der Waals surface area contributed by atoms with Crippen LogP contribution in [0, 0.1) is 5.82 Å². The molecule has 0 saturated carbocycles. The lowest BCUT2D eigenvalue weighted by molar-refractivity contribution is -0.113. The molecule has 27 heavy (non-hydrogen) atoms. The van der Waals surface area contributed by atoms with Gasteiger partial charge in [0.25, 0.3) is 11.1 Å². The minimum Gasteiger partial charge on any atom is -0.502 e. The fraction of sp³-hybridized carbons (Fsp3) is 0.111. The lowest BCUT2D eigenvalue weighted by Crippen LogP contribution is -2.27. The van der Waals surface area contributed by atoms with Crippen molar-refractivity contribution in [2.45, 2.75) is 0 Å². The highest BCUT2D eigenvalue weighted by molar-refractivity contribution is 8.19. The molecule has 3 rings (SSSR count). The van der Waals surface area contributed by atoms with Crippen LogP contribution in [0.3, 0.4) is 0 Å². The largest absolute Gasteiger partial charge is 0.502 e. The number of phenolic OH excluding ortho intramolecular Hbond substituents is 1. The molecule has 0 radical (unpaired) electrons. The van der Waals surface area contributed by atoms with Crippen molar-refractivity contribution in [2.75, 3.05) is 19.1 Å². The number of ether oxygens (including phenoxy) is 2. The molecule has 9 heteroatoms. The Kier molecular flexibility index (Phi) is 5.29. The van der Waals surface area contributed by atoms with E-state index in [9.17, 15) is 19.1 Å². The zero-order chi connectivity index (χ0) is 19.7. The first-order chi connectivity index (χ1) is 12.8. The number of nitrogens with zero attached hydrogens (tertiary/aromatic N) is 1. The van der Waals surface area contributed by atoms with Crippen LogP contribution < -0.4 is 14.4 Å². The molecule has 0 spiro atoms. The van der Waals surface area contributed by atoms with Gasteiger partial charge in [-0.1, -0.05) is 11.6 Å². The highest BCUT2D eigenvalue weighted by Gasteiger charge is 2.36. The van der Waals surface area contributed by atoms with Crippen molar-refractivity contribution in [1.82, 2.24) is 0 Å². The first-order valence-electron chi connectivity index (χ1n) is 7.53. The average molecular weight is 410 g/mol. The number of aromatic hydroxyl groups is 1. The van der Waals surface area contributed by atoms with E-state index in [1.807, 2.05) is 0 Å². The molecule has 6 nitrogen and oxygen atoms in total. The van der Waals surface area contributed by atoms with E-state index in [0.717, 1.165) is 22.7 Å². The monoisotopic (exact) mass is 409 g/mol. The van der Waals surface area contributed by atoms with Gasteiger partial charge in [0, 0.05) is 0 Å². The molecule has 0 aromatic heterocycles. The summed E-state index contributed by atoms with van der Waals surface area (Å²) in [6.07, 6.45) is 1.47. The Labute approximate surface area is 163 Å². The minimum atomic E-state index is -0.647. The number of benzene rings is 2. The maximum absolute atomic E-state index is 13.3. The molecule has 1 aliphatic heterocycles. The fourth-order valence-electron chi connectivity index (χ4n) is 2.46. The second-order valence-corrected chi connectivity index (χ2v) is 6.79. The van der Waals surface area contributed by atoms with Gasteiger partial charge in [0.1, 0.15) is 5.82 Å². The van der Waals surface area contributed by atoms with Crippen LogP contribution in [-0.2, 0) is 4.79 Å².